The Hall–Kier alpha value is -2.13. The minimum Gasteiger partial charge on any atom is -0.478 e. The van der Waals surface area contributed by atoms with Crippen LogP contribution < -0.4 is 5.73 Å². The highest BCUT2D eigenvalue weighted by atomic mass is 16.4. The van der Waals surface area contributed by atoms with Crippen LogP contribution in [0.4, 0.5) is 0 Å². The molecule has 0 aliphatic rings. The Bertz CT molecular complexity index is 573. The Kier molecular flexibility index (Phi) is 4.53. The van der Waals surface area contributed by atoms with E-state index >= 15 is 0 Å². The van der Waals surface area contributed by atoms with Crippen molar-refractivity contribution in [3.63, 3.8) is 0 Å². The van der Waals surface area contributed by atoms with Gasteiger partial charge in [-0.2, -0.15) is 0 Å². The molecule has 0 radical (unpaired) electrons. The van der Waals surface area contributed by atoms with Crippen LogP contribution in [0, 0.1) is 0 Å². The van der Waals surface area contributed by atoms with E-state index in [1.54, 1.807) is 24.3 Å². The SMILES string of the molecule is CCCc1ccc(C(N)c2ccc(C(=O)O)cc2)cc1. The standard InChI is InChI=1S/C17H19NO2/c1-2-3-12-4-6-13(7-5-12)16(18)14-8-10-15(11-9-14)17(19)20/h4-11,16H,2-3,18H2,1H3,(H,19,20). The third-order valence-electron chi connectivity index (χ3n) is 3.39. The first-order chi connectivity index (χ1) is 9.61. The van der Waals surface area contributed by atoms with Gasteiger partial charge in [-0.3, -0.25) is 0 Å². The third kappa shape index (κ3) is 3.25. The van der Waals surface area contributed by atoms with Gasteiger partial charge in [0.05, 0.1) is 11.6 Å². The summed E-state index contributed by atoms with van der Waals surface area (Å²) in [6.45, 7) is 2.16. The van der Waals surface area contributed by atoms with Crippen molar-refractivity contribution in [2.45, 2.75) is 25.8 Å². The van der Waals surface area contributed by atoms with Gasteiger partial charge in [-0.25, -0.2) is 4.79 Å². The molecule has 3 heteroatoms. The quantitative estimate of drug-likeness (QED) is 0.874. The fourth-order valence-corrected chi connectivity index (χ4v) is 2.21. The summed E-state index contributed by atoms with van der Waals surface area (Å²) in [6.07, 6.45) is 2.20. The van der Waals surface area contributed by atoms with E-state index in [9.17, 15) is 4.79 Å². The minimum absolute atomic E-state index is 0.228. The average Bonchev–Trinajstić information content (AvgIpc) is 2.48. The fraction of sp³-hybridized carbons (Fsp3) is 0.235. The van der Waals surface area contributed by atoms with Crippen LogP contribution in [0.25, 0.3) is 0 Å². The van der Waals surface area contributed by atoms with E-state index in [4.69, 9.17) is 10.8 Å². The summed E-state index contributed by atoms with van der Waals surface area (Å²) in [5, 5.41) is 8.88. The maximum Gasteiger partial charge on any atom is 0.335 e. The maximum absolute atomic E-state index is 10.8. The molecule has 0 aromatic heterocycles. The molecule has 0 saturated heterocycles. The Labute approximate surface area is 119 Å². The van der Waals surface area contributed by atoms with Crippen LogP contribution in [0.2, 0.25) is 0 Å². The number of rotatable bonds is 5. The molecule has 2 aromatic carbocycles. The molecule has 2 aromatic rings. The third-order valence-corrected chi connectivity index (χ3v) is 3.39. The first-order valence-electron chi connectivity index (χ1n) is 6.79. The molecule has 20 heavy (non-hydrogen) atoms. The lowest BCUT2D eigenvalue weighted by Crippen LogP contribution is -2.12. The predicted octanol–water partition coefficient (Wildman–Crippen LogP) is 3.39. The highest BCUT2D eigenvalue weighted by Gasteiger charge is 2.10. The van der Waals surface area contributed by atoms with E-state index < -0.39 is 5.97 Å². The van der Waals surface area contributed by atoms with Gasteiger partial charge >= 0.3 is 5.97 Å². The number of benzene rings is 2. The van der Waals surface area contributed by atoms with Crippen molar-refractivity contribution in [3.8, 4) is 0 Å². The second kappa shape index (κ2) is 6.35. The van der Waals surface area contributed by atoms with Crippen molar-refractivity contribution in [2.24, 2.45) is 5.73 Å². The van der Waals surface area contributed by atoms with Gasteiger partial charge in [0.15, 0.2) is 0 Å². The molecule has 1 atom stereocenters. The molecule has 3 N–H and O–H groups in total. The molecule has 0 aliphatic carbocycles. The zero-order valence-electron chi connectivity index (χ0n) is 11.5. The molecule has 0 bridgehead atoms. The van der Waals surface area contributed by atoms with Crippen molar-refractivity contribution in [1.82, 2.24) is 0 Å². The van der Waals surface area contributed by atoms with Crippen molar-refractivity contribution in [3.05, 3.63) is 70.8 Å². The van der Waals surface area contributed by atoms with E-state index in [-0.39, 0.29) is 11.6 Å². The highest BCUT2D eigenvalue weighted by Crippen LogP contribution is 2.20. The van der Waals surface area contributed by atoms with E-state index in [1.165, 1.54) is 5.56 Å². The summed E-state index contributed by atoms with van der Waals surface area (Å²) in [6, 6.07) is 14.8. The van der Waals surface area contributed by atoms with Crippen molar-refractivity contribution in [2.75, 3.05) is 0 Å². The lowest BCUT2D eigenvalue weighted by Gasteiger charge is -2.13. The Morgan fingerprint density at radius 3 is 2.00 bits per heavy atom. The van der Waals surface area contributed by atoms with Gasteiger partial charge in [-0.1, -0.05) is 49.7 Å². The molecule has 0 amide bonds. The predicted molar refractivity (Wildman–Crippen MR) is 79.9 cm³/mol. The van der Waals surface area contributed by atoms with E-state index in [1.807, 2.05) is 12.1 Å². The van der Waals surface area contributed by atoms with Crippen LogP contribution in [0.5, 0.6) is 0 Å². The number of carboxylic acid groups (broad SMARTS) is 1. The van der Waals surface area contributed by atoms with Gasteiger partial charge in [0.2, 0.25) is 0 Å². The van der Waals surface area contributed by atoms with Crippen LogP contribution in [-0.2, 0) is 6.42 Å². The number of hydrogen-bond donors (Lipinski definition) is 2. The summed E-state index contributed by atoms with van der Waals surface area (Å²) in [7, 11) is 0. The summed E-state index contributed by atoms with van der Waals surface area (Å²) in [5.41, 5.74) is 9.76. The zero-order valence-corrected chi connectivity index (χ0v) is 11.5. The molecular weight excluding hydrogens is 250 g/mol. The maximum atomic E-state index is 10.8. The van der Waals surface area contributed by atoms with Crippen molar-refractivity contribution >= 4 is 5.97 Å². The first-order valence-corrected chi connectivity index (χ1v) is 6.79. The lowest BCUT2D eigenvalue weighted by atomic mass is 9.97. The molecule has 2 rings (SSSR count). The first kappa shape index (κ1) is 14.3. The molecule has 0 heterocycles. The van der Waals surface area contributed by atoms with Crippen LogP contribution in [0.15, 0.2) is 48.5 Å². The number of hydrogen-bond acceptors (Lipinski definition) is 2. The molecule has 1 unspecified atom stereocenters. The monoisotopic (exact) mass is 269 g/mol. The summed E-state index contributed by atoms with van der Waals surface area (Å²) in [5.74, 6) is -0.922. The number of carboxylic acids is 1. The molecule has 0 saturated carbocycles. The van der Waals surface area contributed by atoms with Crippen molar-refractivity contribution in [1.29, 1.82) is 0 Å². The molecular formula is C17H19NO2. The van der Waals surface area contributed by atoms with Crippen LogP contribution >= 0.6 is 0 Å². The highest BCUT2D eigenvalue weighted by molar-refractivity contribution is 5.87. The topological polar surface area (TPSA) is 63.3 Å². The second-order valence-corrected chi connectivity index (χ2v) is 4.90. The average molecular weight is 269 g/mol. The van der Waals surface area contributed by atoms with Gasteiger partial charge in [-0.15, -0.1) is 0 Å². The molecule has 0 fully saturated rings. The van der Waals surface area contributed by atoms with Gasteiger partial charge in [0.1, 0.15) is 0 Å². The number of nitrogens with two attached hydrogens (primary N) is 1. The minimum atomic E-state index is -0.922. The Morgan fingerprint density at radius 2 is 1.55 bits per heavy atom. The van der Waals surface area contributed by atoms with Crippen molar-refractivity contribution < 1.29 is 9.90 Å². The second-order valence-electron chi connectivity index (χ2n) is 4.90. The normalized spacial score (nSPS) is 12.1. The number of aromatic carboxylic acids is 1. The summed E-state index contributed by atoms with van der Waals surface area (Å²) >= 11 is 0. The van der Waals surface area contributed by atoms with Crippen LogP contribution in [-0.4, -0.2) is 11.1 Å². The molecule has 0 spiro atoms. The summed E-state index contributed by atoms with van der Waals surface area (Å²) in [4.78, 5) is 10.8. The largest absolute Gasteiger partial charge is 0.478 e. The van der Waals surface area contributed by atoms with Gasteiger partial charge in [-0.05, 0) is 35.2 Å². The van der Waals surface area contributed by atoms with Gasteiger partial charge < -0.3 is 10.8 Å². The van der Waals surface area contributed by atoms with Crippen LogP contribution in [0.1, 0.15) is 46.4 Å². The zero-order chi connectivity index (χ0) is 14.5. The lowest BCUT2D eigenvalue weighted by molar-refractivity contribution is 0.0697. The van der Waals surface area contributed by atoms with Gasteiger partial charge in [0, 0.05) is 0 Å². The smallest absolute Gasteiger partial charge is 0.335 e. The van der Waals surface area contributed by atoms with E-state index in [0.717, 1.165) is 24.0 Å². The number of carbonyl (C=O) groups is 1. The summed E-state index contributed by atoms with van der Waals surface area (Å²) < 4.78 is 0. The number of aryl methyl sites for hydroxylation is 1. The Balaban J connectivity index is 2.17. The van der Waals surface area contributed by atoms with Crippen LogP contribution in [0.3, 0.4) is 0 Å². The molecule has 0 aliphatic heterocycles. The van der Waals surface area contributed by atoms with Gasteiger partial charge in [0.25, 0.3) is 0 Å². The molecule has 104 valence electrons. The Morgan fingerprint density at radius 1 is 1.05 bits per heavy atom. The van der Waals surface area contributed by atoms with E-state index in [2.05, 4.69) is 19.1 Å². The fourth-order valence-electron chi connectivity index (χ4n) is 2.21. The molecule has 3 nitrogen and oxygen atoms in total. The van der Waals surface area contributed by atoms with E-state index in [0.29, 0.717) is 0 Å².